The van der Waals surface area contributed by atoms with Gasteiger partial charge in [0, 0.05) is 24.3 Å². The van der Waals surface area contributed by atoms with Crippen LogP contribution in [0.3, 0.4) is 0 Å². The summed E-state index contributed by atoms with van der Waals surface area (Å²) >= 11 is 5.89. The second kappa shape index (κ2) is 6.83. The largest absolute Gasteiger partial charge is 0.382 e. The monoisotopic (exact) mass is 227 g/mol. The normalized spacial score (nSPS) is 12.7. The van der Waals surface area contributed by atoms with E-state index in [9.17, 15) is 0 Å². The van der Waals surface area contributed by atoms with Crippen LogP contribution in [0.2, 0.25) is 5.02 Å². The molecule has 0 saturated carbocycles. The molecule has 0 bridgehead atoms. The summed E-state index contributed by atoms with van der Waals surface area (Å²) in [6.45, 7) is 3.48. The van der Waals surface area contributed by atoms with Gasteiger partial charge in [-0.3, -0.25) is 0 Å². The van der Waals surface area contributed by atoms with E-state index >= 15 is 0 Å². The number of rotatable bonds is 6. The number of ether oxygens (including phenoxy) is 1. The van der Waals surface area contributed by atoms with Crippen molar-refractivity contribution in [3.05, 3.63) is 34.9 Å². The van der Waals surface area contributed by atoms with Gasteiger partial charge in [-0.2, -0.15) is 0 Å². The third-order valence-corrected chi connectivity index (χ3v) is 2.46. The number of halogens is 1. The number of hydrogen-bond donors (Lipinski definition) is 1. The zero-order valence-corrected chi connectivity index (χ0v) is 9.83. The lowest BCUT2D eigenvalue weighted by Gasteiger charge is -2.11. The van der Waals surface area contributed by atoms with Gasteiger partial charge in [0.25, 0.3) is 0 Å². The van der Waals surface area contributed by atoms with Crippen LogP contribution in [0, 0.1) is 0 Å². The van der Waals surface area contributed by atoms with Gasteiger partial charge in [-0.05, 0) is 37.5 Å². The standard InChI is InChI=1S/C12H18ClNO/c1-2-15-7-6-12(14)9-10-4-3-5-11(13)8-10/h3-5,8,12H,2,6-7,9,14H2,1H3. The molecule has 0 saturated heterocycles. The Morgan fingerprint density at radius 2 is 2.27 bits per heavy atom. The van der Waals surface area contributed by atoms with Gasteiger partial charge in [0.15, 0.2) is 0 Å². The molecule has 2 nitrogen and oxygen atoms in total. The summed E-state index contributed by atoms with van der Waals surface area (Å²) < 4.78 is 5.26. The highest BCUT2D eigenvalue weighted by Gasteiger charge is 2.04. The molecule has 0 spiro atoms. The molecule has 84 valence electrons. The molecule has 15 heavy (non-hydrogen) atoms. The first kappa shape index (κ1) is 12.5. The molecule has 0 aliphatic rings. The van der Waals surface area contributed by atoms with E-state index in [1.54, 1.807) is 0 Å². The van der Waals surface area contributed by atoms with Crippen molar-refractivity contribution in [3.8, 4) is 0 Å². The van der Waals surface area contributed by atoms with Gasteiger partial charge in [0.05, 0.1) is 0 Å². The molecule has 0 aromatic heterocycles. The van der Waals surface area contributed by atoms with Gasteiger partial charge in [0.1, 0.15) is 0 Å². The number of hydrogen-bond acceptors (Lipinski definition) is 2. The van der Waals surface area contributed by atoms with Crippen LogP contribution in [0.1, 0.15) is 18.9 Å². The van der Waals surface area contributed by atoms with E-state index in [2.05, 4.69) is 0 Å². The van der Waals surface area contributed by atoms with E-state index < -0.39 is 0 Å². The first-order valence-corrected chi connectivity index (χ1v) is 5.68. The smallest absolute Gasteiger partial charge is 0.0480 e. The predicted octanol–water partition coefficient (Wildman–Crippen LogP) is 2.64. The Bertz CT molecular complexity index is 291. The Hall–Kier alpha value is -0.570. The topological polar surface area (TPSA) is 35.2 Å². The molecule has 1 rings (SSSR count). The molecule has 0 aliphatic carbocycles. The fourth-order valence-corrected chi connectivity index (χ4v) is 1.66. The van der Waals surface area contributed by atoms with Gasteiger partial charge in [-0.1, -0.05) is 23.7 Å². The highest BCUT2D eigenvalue weighted by molar-refractivity contribution is 6.30. The fourth-order valence-electron chi connectivity index (χ4n) is 1.45. The summed E-state index contributed by atoms with van der Waals surface area (Å²) in [5, 5.41) is 0.768. The van der Waals surface area contributed by atoms with Crippen molar-refractivity contribution in [2.75, 3.05) is 13.2 Å². The molecule has 1 aromatic rings. The molecule has 1 unspecified atom stereocenters. The van der Waals surface area contributed by atoms with E-state index in [0.717, 1.165) is 31.1 Å². The van der Waals surface area contributed by atoms with Crippen LogP contribution < -0.4 is 5.73 Å². The molecule has 0 radical (unpaired) electrons. The van der Waals surface area contributed by atoms with Gasteiger partial charge in [-0.15, -0.1) is 0 Å². The molecule has 0 amide bonds. The average molecular weight is 228 g/mol. The minimum atomic E-state index is 0.148. The van der Waals surface area contributed by atoms with Crippen molar-refractivity contribution in [3.63, 3.8) is 0 Å². The average Bonchev–Trinajstić information content (AvgIpc) is 2.18. The quantitative estimate of drug-likeness (QED) is 0.759. The van der Waals surface area contributed by atoms with Crippen LogP contribution in [0.25, 0.3) is 0 Å². The Labute approximate surface area is 96.4 Å². The summed E-state index contributed by atoms with van der Waals surface area (Å²) in [5.74, 6) is 0. The molecule has 0 heterocycles. The van der Waals surface area contributed by atoms with Gasteiger partial charge < -0.3 is 10.5 Å². The van der Waals surface area contributed by atoms with Crippen molar-refractivity contribution in [2.24, 2.45) is 5.73 Å². The van der Waals surface area contributed by atoms with Gasteiger partial charge >= 0.3 is 0 Å². The Morgan fingerprint density at radius 3 is 2.93 bits per heavy atom. The Kier molecular flexibility index (Phi) is 5.69. The maximum Gasteiger partial charge on any atom is 0.0480 e. The summed E-state index contributed by atoms with van der Waals surface area (Å²) in [6, 6.07) is 7.98. The number of benzene rings is 1. The molecular weight excluding hydrogens is 210 g/mol. The lowest BCUT2D eigenvalue weighted by molar-refractivity contribution is 0.140. The van der Waals surface area contributed by atoms with E-state index in [1.165, 1.54) is 5.56 Å². The zero-order valence-electron chi connectivity index (χ0n) is 9.08. The lowest BCUT2D eigenvalue weighted by Crippen LogP contribution is -2.24. The summed E-state index contributed by atoms with van der Waals surface area (Å²) in [7, 11) is 0. The van der Waals surface area contributed by atoms with Crippen molar-refractivity contribution < 1.29 is 4.74 Å². The number of nitrogens with two attached hydrogens (primary N) is 1. The first-order valence-electron chi connectivity index (χ1n) is 5.30. The van der Waals surface area contributed by atoms with Crippen molar-refractivity contribution in [1.82, 2.24) is 0 Å². The van der Waals surface area contributed by atoms with Crippen LogP contribution in [-0.4, -0.2) is 19.3 Å². The van der Waals surface area contributed by atoms with E-state index in [4.69, 9.17) is 22.1 Å². The van der Waals surface area contributed by atoms with Gasteiger partial charge in [-0.25, -0.2) is 0 Å². The Morgan fingerprint density at radius 1 is 1.47 bits per heavy atom. The summed E-state index contributed by atoms with van der Waals surface area (Å²) in [4.78, 5) is 0. The second-order valence-corrected chi connectivity index (χ2v) is 4.02. The Balaban J connectivity index is 2.34. The van der Waals surface area contributed by atoms with Gasteiger partial charge in [0.2, 0.25) is 0 Å². The van der Waals surface area contributed by atoms with Crippen LogP contribution in [-0.2, 0) is 11.2 Å². The summed E-state index contributed by atoms with van der Waals surface area (Å²) in [6.07, 6.45) is 1.74. The van der Waals surface area contributed by atoms with Crippen LogP contribution in [0.5, 0.6) is 0 Å². The molecule has 1 atom stereocenters. The maximum absolute atomic E-state index is 5.97. The van der Waals surface area contributed by atoms with Crippen LogP contribution in [0.15, 0.2) is 24.3 Å². The third kappa shape index (κ3) is 5.17. The lowest BCUT2D eigenvalue weighted by atomic mass is 10.0. The summed E-state index contributed by atoms with van der Waals surface area (Å²) in [5.41, 5.74) is 7.16. The molecule has 1 aromatic carbocycles. The molecular formula is C12H18ClNO. The third-order valence-electron chi connectivity index (χ3n) is 2.22. The zero-order chi connectivity index (χ0) is 11.1. The van der Waals surface area contributed by atoms with Crippen LogP contribution >= 0.6 is 11.6 Å². The van der Waals surface area contributed by atoms with Crippen molar-refractivity contribution in [1.29, 1.82) is 0 Å². The fraction of sp³-hybridized carbons (Fsp3) is 0.500. The predicted molar refractivity (Wildman–Crippen MR) is 64.2 cm³/mol. The highest BCUT2D eigenvalue weighted by Crippen LogP contribution is 2.12. The van der Waals surface area contributed by atoms with E-state index in [-0.39, 0.29) is 6.04 Å². The molecule has 2 N–H and O–H groups in total. The molecule has 0 fully saturated rings. The minimum absolute atomic E-state index is 0.148. The maximum atomic E-state index is 5.97. The van der Waals surface area contributed by atoms with E-state index in [0.29, 0.717) is 0 Å². The molecule has 0 aliphatic heterocycles. The first-order chi connectivity index (χ1) is 7.22. The minimum Gasteiger partial charge on any atom is -0.382 e. The van der Waals surface area contributed by atoms with Crippen molar-refractivity contribution >= 4 is 11.6 Å². The van der Waals surface area contributed by atoms with E-state index in [1.807, 2.05) is 31.2 Å². The van der Waals surface area contributed by atoms with Crippen LogP contribution in [0.4, 0.5) is 0 Å². The molecule has 3 heteroatoms. The van der Waals surface area contributed by atoms with Crippen molar-refractivity contribution in [2.45, 2.75) is 25.8 Å². The SMILES string of the molecule is CCOCCC(N)Cc1cccc(Cl)c1. The highest BCUT2D eigenvalue weighted by atomic mass is 35.5. The second-order valence-electron chi connectivity index (χ2n) is 3.58.